The van der Waals surface area contributed by atoms with Gasteiger partial charge in [-0.05, 0) is 18.6 Å². The van der Waals surface area contributed by atoms with E-state index in [-0.39, 0.29) is 5.78 Å². The molecule has 0 heterocycles. The van der Waals surface area contributed by atoms with Gasteiger partial charge in [0.15, 0.2) is 0 Å². The molecule has 0 aliphatic heterocycles. The molecule has 0 aromatic heterocycles. The highest BCUT2D eigenvalue weighted by molar-refractivity contribution is 5.81. The number of carbonyl (C=O) groups is 1. The molecule has 1 aromatic carbocycles. The van der Waals surface area contributed by atoms with Crippen molar-refractivity contribution in [2.24, 2.45) is 0 Å². The van der Waals surface area contributed by atoms with E-state index in [4.69, 9.17) is 10.5 Å². The van der Waals surface area contributed by atoms with Crippen LogP contribution in [0.15, 0.2) is 42.7 Å². The van der Waals surface area contributed by atoms with Crippen molar-refractivity contribution in [1.29, 1.82) is 0 Å². The van der Waals surface area contributed by atoms with Gasteiger partial charge in [0.2, 0.25) is 0 Å². The molecule has 1 aromatic rings. The van der Waals surface area contributed by atoms with Gasteiger partial charge in [-0.15, -0.1) is 0 Å². The largest absolute Gasteiger partial charge is 0.498 e. The summed E-state index contributed by atoms with van der Waals surface area (Å²) in [6, 6.07) is 7.55. The molecular weight excluding hydrogens is 226 g/mol. The fraction of sp³-hybridized carbons (Fsp3) is 0.267. The minimum Gasteiger partial charge on any atom is -0.498 e. The number of Topliss-reactive ketones (excluding diaryl/α,β-unsaturated/α-hetero) is 1. The molecule has 0 bridgehead atoms. The molecule has 0 atom stereocenters. The van der Waals surface area contributed by atoms with Gasteiger partial charge in [-0.25, -0.2) is 0 Å². The van der Waals surface area contributed by atoms with Crippen LogP contribution in [0.5, 0.6) is 0 Å². The van der Waals surface area contributed by atoms with Crippen LogP contribution in [0.1, 0.15) is 25.3 Å². The molecule has 1 rings (SSSR count). The molecule has 18 heavy (non-hydrogen) atoms. The van der Waals surface area contributed by atoms with E-state index in [9.17, 15) is 4.79 Å². The Hall–Kier alpha value is -2.03. The fourth-order valence-electron chi connectivity index (χ4n) is 1.42. The lowest BCUT2D eigenvalue weighted by molar-refractivity contribution is -0.119. The summed E-state index contributed by atoms with van der Waals surface area (Å²) in [6.07, 6.45) is 4.50. The first kappa shape index (κ1) is 14.0. The Kier molecular flexibility index (Phi) is 5.71. The lowest BCUT2D eigenvalue weighted by atomic mass is 10.1. The summed E-state index contributed by atoms with van der Waals surface area (Å²) in [5.41, 5.74) is 7.43. The number of carbonyl (C=O) groups excluding carboxylic acids is 1. The molecular formula is C15H19NO2. The number of rotatable bonds is 7. The second kappa shape index (κ2) is 7.33. The van der Waals surface area contributed by atoms with E-state index in [1.165, 1.54) is 0 Å². The highest BCUT2D eigenvalue weighted by atomic mass is 16.5. The number of nitrogen functional groups attached to an aromatic ring is 1. The van der Waals surface area contributed by atoms with Crippen LogP contribution in [-0.2, 0) is 9.53 Å². The second-order valence-electron chi connectivity index (χ2n) is 4.07. The molecule has 0 aliphatic carbocycles. The Balaban J connectivity index is 2.34. The van der Waals surface area contributed by atoms with E-state index in [1.807, 2.05) is 36.4 Å². The number of allylic oxidation sites excluding steroid dienone is 2. The van der Waals surface area contributed by atoms with Crippen LogP contribution >= 0.6 is 0 Å². The third-order valence-corrected chi connectivity index (χ3v) is 2.37. The first-order valence-electron chi connectivity index (χ1n) is 5.90. The van der Waals surface area contributed by atoms with Crippen LogP contribution in [0.25, 0.3) is 6.08 Å². The quantitative estimate of drug-likeness (QED) is 0.593. The average molecular weight is 245 g/mol. The molecule has 0 unspecified atom stereocenters. The van der Waals surface area contributed by atoms with Crippen molar-refractivity contribution in [2.45, 2.75) is 19.8 Å². The van der Waals surface area contributed by atoms with Crippen molar-refractivity contribution < 1.29 is 9.53 Å². The number of ether oxygens (including phenoxy) is 1. The van der Waals surface area contributed by atoms with Crippen molar-refractivity contribution in [2.75, 3.05) is 12.3 Å². The second-order valence-corrected chi connectivity index (χ2v) is 4.07. The number of hydrogen-bond acceptors (Lipinski definition) is 3. The van der Waals surface area contributed by atoms with Crippen LogP contribution < -0.4 is 5.73 Å². The summed E-state index contributed by atoms with van der Waals surface area (Å²) in [5.74, 6) is 0.775. The first-order chi connectivity index (χ1) is 8.59. The van der Waals surface area contributed by atoms with Crippen LogP contribution in [-0.4, -0.2) is 12.4 Å². The summed E-state index contributed by atoms with van der Waals surface area (Å²) in [5, 5.41) is 0. The summed E-state index contributed by atoms with van der Waals surface area (Å²) in [7, 11) is 0. The van der Waals surface area contributed by atoms with Gasteiger partial charge in [0.25, 0.3) is 0 Å². The lowest BCUT2D eigenvalue weighted by Gasteiger charge is -2.02. The monoisotopic (exact) mass is 245 g/mol. The molecule has 0 spiro atoms. The Labute approximate surface area is 108 Å². The van der Waals surface area contributed by atoms with Gasteiger partial charge in [0.1, 0.15) is 5.78 Å². The predicted octanol–water partition coefficient (Wildman–Crippen LogP) is 3.18. The zero-order valence-electron chi connectivity index (χ0n) is 10.7. The molecule has 0 amide bonds. The Morgan fingerprint density at radius 2 is 2.17 bits per heavy atom. The van der Waals surface area contributed by atoms with Crippen LogP contribution in [0, 0.1) is 0 Å². The van der Waals surface area contributed by atoms with Crippen molar-refractivity contribution in [1.82, 2.24) is 0 Å². The Morgan fingerprint density at radius 3 is 2.83 bits per heavy atom. The SMILES string of the molecule is C=C(C)OCCC(=O)C/C=C/c1ccccc1N. The Morgan fingerprint density at radius 1 is 1.44 bits per heavy atom. The van der Waals surface area contributed by atoms with Crippen molar-refractivity contribution in [3.05, 3.63) is 48.2 Å². The first-order valence-corrected chi connectivity index (χ1v) is 5.90. The van der Waals surface area contributed by atoms with Gasteiger partial charge in [-0.3, -0.25) is 4.79 Å². The van der Waals surface area contributed by atoms with Gasteiger partial charge in [0, 0.05) is 18.5 Å². The maximum absolute atomic E-state index is 11.5. The predicted molar refractivity (Wildman–Crippen MR) is 74.9 cm³/mol. The van der Waals surface area contributed by atoms with E-state index in [2.05, 4.69) is 6.58 Å². The highest BCUT2D eigenvalue weighted by Crippen LogP contribution is 2.12. The maximum atomic E-state index is 11.5. The minimum absolute atomic E-state index is 0.141. The maximum Gasteiger partial charge on any atom is 0.140 e. The summed E-state index contributed by atoms with van der Waals surface area (Å²) in [6.45, 7) is 5.77. The van der Waals surface area contributed by atoms with Gasteiger partial charge < -0.3 is 10.5 Å². The number of ketones is 1. The van der Waals surface area contributed by atoms with E-state index in [0.717, 1.165) is 5.56 Å². The molecule has 3 heteroatoms. The number of benzene rings is 1. The van der Waals surface area contributed by atoms with Gasteiger partial charge in [-0.1, -0.05) is 36.9 Å². The molecule has 2 N–H and O–H groups in total. The Bertz CT molecular complexity index is 450. The van der Waals surface area contributed by atoms with Crippen molar-refractivity contribution in [3.63, 3.8) is 0 Å². The van der Waals surface area contributed by atoms with Crippen LogP contribution in [0.2, 0.25) is 0 Å². The fourth-order valence-corrected chi connectivity index (χ4v) is 1.42. The van der Waals surface area contributed by atoms with E-state index in [1.54, 1.807) is 6.92 Å². The third-order valence-electron chi connectivity index (χ3n) is 2.37. The normalized spacial score (nSPS) is 10.5. The molecule has 0 saturated heterocycles. The number of para-hydroxylation sites is 1. The number of anilines is 1. The van der Waals surface area contributed by atoms with Crippen LogP contribution in [0.4, 0.5) is 5.69 Å². The molecule has 3 nitrogen and oxygen atoms in total. The minimum atomic E-state index is 0.141. The van der Waals surface area contributed by atoms with Gasteiger partial charge >= 0.3 is 0 Å². The third kappa shape index (κ3) is 5.34. The molecule has 0 radical (unpaired) electrons. The van der Waals surface area contributed by atoms with Crippen molar-refractivity contribution in [3.8, 4) is 0 Å². The zero-order chi connectivity index (χ0) is 13.4. The van der Waals surface area contributed by atoms with E-state index in [0.29, 0.717) is 30.9 Å². The summed E-state index contributed by atoms with van der Waals surface area (Å²) < 4.78 is 5.14. The zero-order valence-corrected chi connectivity index (χ0v) is 10.7. The van der Waals surface area contributed by atoms with Gasteiger partial charge in [-0.2, -0.15) is 0 Å². The summed E-state index contributed by atoms with van der Waals surface area (Å²) in [4.78, 5) is 11.5. The van der Waals surface area contributed by atoms with E-state index < -0.39 is 0 Å². The average Bonchev–Trinajstić information content (AvgIpc) is 2.31. The van der Waals surface area contributed by atoms with Gasteiger partial charge in [0.05, 0.1) is 12.4 Å². The molecule has 0 saturated carbocycles. The topological polar surface area (TPSA) is 52.3 Å². The smallest absolute Gasteiger partial charge is 0.140 e. The standard InChI is InChI=1S/C15H19NO2/c1-12(2)18-11-10-14(17)8-5-7-13-6-3-4-9-15(13)16/h3-7,9H,1,8,10-11,16H2,2H3/b7-5+. The highest BCUT2D eigenvalue weighted by Gasteiger charge is 1.99. The van der Waals surface area contributed by atoms with Crippen molar-refractivity contribution >= 4 is 17.5 Å². The molecule has 96 valence electrons. The molecule has 0 fully saturated rings. The number of hydrogen-bond donors (Lipinski definition) is 1. The number of nitrogens with two attached hydrogens (primary N) is 1. The van der Waals surface area contributed by atoms with Crippen LogP contribution in [0.3, 0.4) is 0 Å². The van der Waals surface area contributed by atoms with E-state index >= 15 is 0 Å². The summed E-state index contributed by atoms with van der Waals surface area (Å²) >= 11 is 0. The lowest BCUT2D eigenvalue weighted by Crippen LogP contribution is -2.01. The molecule has 0 aliphatic rings.